The maximum atomic E-state index is 12.1. The van der Waals surface area contributed by atoms with Crippen LogP contribution in [0.5, 0.6) is 0 Å². The summed E-state index contributed by atoms with van der Waals surface area (Å²) >= 11 is 5.94. The molecule has 29 heavy (non-hydrogen) atoms. The first-order valence-electron chi connectivity index (χ1n) is 9.83. The Morgan fingerprint density at radius 3 is 2.38 bits per heavy atom. The van der Waals surface area contributed by atoms with E-state index in [2.05, 4.69) is 32.5 Å². The minimum atomic E-state index is -0.0834. The highest BCUT2D eigenvalue weighted by atomic mass is 35.5. The van der Waals surface area contributed by atoms with E-state index in [4.69, 9.17) is 11.6 Å². The van der Waals surface area contributed by atoms with E-state index >= 15 is 0 Å². The zero-order chi connectivity index (χ0) is 20.5. The molecule has 2 aromatic rings. The molecule has 1 aliphatic rings. The van der Waals surface area contributed by atoms with Crippen LogP contribution in [0, 0.1) is 0 Å². The van der Waals surface area contributed by atoms with Crippen LogP contribution in [-0.4, -0.2) is 54.6 Å². The van der Waals surface area contributed by atoms with E-state index in [-0.39, 0.29) is 5.91 Å². The van der Waals surface area contributed by atoms with Crippen LogP contribution in [0.2, 0.25) is 5.02 Å². The fraction of sp³-hybridized carbons (Fsp3) is 0.304. The molecule has 1 saturated heterocycles. The van der Waals surface area contributed by atoms with Gasteiger partial charge in [0.2, 0.25) is 0 Å². The number of nitrogens with one attached hydrogen (secondary N) is 1. The molecular formula is C23H27ClN4O. The molecule has 1 heterocycles. The maximum Gasteiger partial charge on any atom is 0.254 e. The second kappa shape index (κ2) is 10.9. The predicted octanol–water partition coefficient (Wildman–Crippen LogP) is 3.66. The van der Waals surface area contributed by atoms with E-state index in [1.807, 2.05) is 55.5 Å². The molecule has 5 nitrogen and oxygen atoms in total. The Balaban J connectivity index is 1.37. The van der Waals surface area contributed by atoms with Crippen molar-refractivity contribution in [3.05, 3.63) is 76.3 Å². The Morgan fingerprint density at radius 1 is 1.03 bits per heavy atom. The second-order valence-corrected chi connectivity index (χ2v) is 7.71. The average Bonchev–Trinajstić information content (AvgIpc) is 2.72. The van der Waals surface area contributed by atoms with Gasteiger partial charge in [0.1, 0.15) is 0 Å². The highest BCUT2D eigenvalue weighted by Crippen LogP contribution is 2.13. The highest BCUT2D eigenvalue weighted by Gasteiger charge is 2.18. The van der Waals surface area contributed by atoms with Gasteiger partial charge in [-0.1, -0.05) is 60.1 Å². The van der Waals surface area contributed by atoms with Crippen molar-refractivity contribution in [2.24, 2.45) is 5.10 Å². The summed E-state index contributed by atoms with van der Waals surface area (Å²) < 4.78 is 0. The summed E-state index contributed by atoms with van der Waals surface area (Å²) in [6.45, 7) is 6.87. The molecule has 0 unspecified atom stereocenters. The first-order valence-corrected chi connectivity index (χ1v) is 10.2. The van der Waals surface area contributed by atoms with Gasteiger partial charge in [0, 0.05) is 37.7 Å². The quantitative estimate of drug-likeness (QED) is 0.559. The smallest absolute Gasteiger partial charge is 0.254 e. The zero-order valence-corrected chi connectivity index (χ0v) is 17.5. The van der Waals surface area contributed by atoms with Crippen molar-refractivity contribution in [1.29, 1.82) is 0 Å². The van der Waals surface area contributed by atoms with Crippen molar-refractivity contribution in [2.45, 2.75) is 13.5 Å². The number of hydrazone groups is 1. The summed E-state index contributed by atoms with van der Waals surface area (Å²) in [4.78, 5) is 16.7. The lowest BCUT2D eigenvalue weighted by atomic mass is 10.1. The number of allylic oxidation sites excluding steroid dienone is 1. The average molecular weight is 411 g/mol. The van der Waals surface area contributed by atoms with Crippen molar-refractivity contribution in [3.63, 3.8) is 0 Å². The number of hydrogen-bond donors (Lipinski definition) is 1. The van der Waals surface area contributed by atoms with Gasteiger partial charge in [-0.3, -0.25) is 14.6 Å². The Morgan fingerprint density at radius 2 is 1.69 bits per heavy atom. The number of rotatable bonds is 7. The largest absolute Gasteiger partial charge is 0.297 e. The van der Waals surface area contributed by atoms with E-state index in [0.29, 0.717) is 6.54 Å². The van der Waals surface area contributed by atoms with Crippen LogP contribution >= 0.6 is 11.6 Å². The van der Waals surface area contributed by atoms with Gasteiger partial charge in [0.25, 0.3) is 5.91 Å². The number of nitrogens with zero attached hydrogens (tertiary/aromatic N) is 3. The van der Waals surface area contributed by atoms with E-state index in [0.717, 1.165) is 48.9 Å². The number of benzene rings is 2. The van der Waals surface area contributed by atoms with Gasteiger partial charge in [-0.25, -0.2) is 5.43 Å². The summed E-state index contributed by atoms with van der Waals surface area (Å²) in [7, 11) is 0. The molecule has 1 aliphatic heterocycles. The van der Waals surface area contributed by atoms with Crippen LogP contribution < -0.4 is 5.43 Å². The molecule has 0 aromatic heterocycles. The number of hydrogen-bond acceptors (Lipinski definition) is 4. The molecule has 0 atom stereocenters. The summed E-state index contributed by atoms with van der Waals surface area (Å²) in [6, 6.07) is 18.0. The van der Waals surface area contributed by atoms with Crippen LogP contribution in [0.25, 0.3) is 6.08 Å². The van der Waals surface area contributed by atoms with Gasteiger partial charge in [-0.05, 0) is 35.8 Å². The van der Waals surface area contributed by atoms with Crippen molar-refractivity contribution in [3.8, 4) is 0 Å². The number of carbonyl (C=O) groups excluding carboxylic acids is 1. The summed E-state index contributed by atoms with van der Waals surface area (Å²) in [5.41, 5.74) is 5.97. The molecule has 1 amide bonds. The van der Waals surface area contributed by atoms with Crippen LogP contribution in [0.3, 0.4) is 0 Å². The number of halogens is 1. The molecule has 1 N–H and O–H groups in total. The molecule has 152 valence electrons. The summed E-state index contributed by atoms with van der Waals surface area (Å²) in [5, 5.41) is 4.83. The van der Waals surface area contributed by atoms with E-state index < -0.39 is 0 Å². The molecule has 0 spiro atoms. The van der Waals surface area contributed by atoms with E-state index in [1.165, 1.54) is 5.56 Å². The molecular weight excluding hydrogens is 384 g/mol. The van der Waals surface area contributed by atoms with E-state index in [9.17, 15) is 4.79 Å². The van der Waals surface area contributed by atoms with Crippen LogP contribution in [0.15, 0.2) is 65.3 Å². The van der Waals surface area contributed by atoms with Crippen LogP contribution in [0.4, 0.5) is 0 Å². The van der Waals surface area contributed by atoms with E-state index in [1.54, 1.807) is 6.21 Å². The third-order valence-corrected chi connectivity index (χ3v) is 5.05. The predicted molar refractivity (Wildman–Crippen MR) is 120 cm³/mol. The topological polar surface area (TPSA) is 47.9 Å². The fourth-order valence-corrected chi connectivity index (χ4v) is 3.37. The second-order valence-electron chi connectivity index (χ2n) is 7.27. The van der Waals surface area contributed by atoms with Gasteiger partial charge in [0.15, 0.2) is 0 Å². The minimum absolute atomic E-state index is 0.0834. The van der Waals surface area contributed by atoms with Gasteiger partial charge >= 0.3 is 0 Å². The molecule has 3 rings (SSSR count). The highest BCUT2D eigenvalue weighted by molar-refractivity contribution is 6.30. The van der Waals surface area contributed by atoms with Crippen molar-refractivity contribution in [1.82, 2.24) is 15.2 Å². The Kier molecular flexibility index (Phi) is 7.99. The molecule has 0 aliphatic carbocycles. The molecule has 0 saturated carbocycles. The number of carbonyl (C=O) groups is 1. The third-order valence-electron chi connectivity index (χ3n) is 4.80. The lowest BCUT2D eigenvalue weighted by Gasteiger charge is -2.34. The maximum absolute atomic E-state index is 12.1. The normalized spacial score (nSPS) is 16.3. The van der Waals surface area contributed by atoms with Gasteiger partial charge in [-0.2, -0.15) is 5.10 Å². The SMILES string of the molecule is CC(C=NNC(=O)CN1CCN(Cc2ccc(Cl)cc2)CC1)=Cc1ccccc1. The van der Waals surface area contributed by atoms with Crippen molar-refractivity contribution >= 4 is 29.8 Å². The first kappa shape index (κ1) is 21.2. The summed E-state index contributed by atoms with van der Waals surface area (Å²) in [6.07, 6.45) is 3.70. The van der Waals surface area contributed by atoms with Crippen LogP contribution in [0.1, 0.15) is 18.1 Å². The van der Waals surface area contributed by atoms with Gasteiger partial charge in [-0.15, -0.1) is 0 Å². The molecule has 0 radical (unpaired) electrons. The lowest BCUT2D eigenvalue weighted by molar-refractivity contribution is -0.122. The van der Waals surface area contributed by atoms with Crippen molar-refractivity contribution in [2.75, 3.05) is 32.7 Å². The Bertz CT molecular complexity index is 841. The minimum Gasteiger partial charge on any atom is -0.297 e. The summed E-state index contributed by atoms with van der Waals surface area (Å²) in [5.74, 6) is -0.0834. The lowest BCUT2D eigenvalue weighted by Crippen LogP contribution is -2.48. The fourth-order valence-electron chi connectivity index (χ4n) is 3.25. The standard InChI is InChI=1S/C23H27ClN4O/c1-19(15-20-5-3-2-4-6-20)16-25-26-23(29)18-28-13-11-27(12-14-28)17-21-7-9-22(24)10-8-21/h2-10,15-16H,11-14,17-18H2,1H3,(H,26,29). The Hall–Kier alpha value is -2.47. The van der Waals surface area contributed by atoms with Crippen LogP contribution in [-0.2, 0) is 11.3 Å². The first-order chi connectivity index (χ1) is 14.1. The number of piperazine rings is 1. The monoisotopic (exact) mass is 410 g/mol. The molecule has 0 bridgehead atoms. The van der Waals surface area contributed by atoms with Gasteiger partial charge in [0.05, 0.1) is 12.8 Å². The molecule has 1 fully saturated rings. The number of amides is 1. The molecule has 6 heteroatoms. The third kappa shape index (κ3) is 7.46. The van der Waals surface area contributed by atoms with Gasteiger partial charge < -0.3 is 0 Å². The zero-order valence-electron chi connectivity index (χ0n) is 16.7. The molecule has 2 aromatic carbocycles. The van der Waals surface area contributed by atoms with Crippen molar-refractivity contribution < 1.29 is 4.79 Å². The Labute approximate surface area is 177 Å².